The van der Waals surface area contributed by atoms with Crippen molar-refractivity contribution in [3.8, 4) is 5.88 Å². The molecule has 1 aliphatic rings. The molecule has 4 N–H and O–H groups in total. The molecule has 0 atom stereocenters. The van der Waals surface area contributed by atoms with Gasteiger partial charge in [-0.05, 0) is 43.2 Å². The second-order valence-corrected chi connectivity index (χ2v) is 8.23. The number of thioether (sulfide) groups is 1. The summed E-state index contributed by atoms with van der Waals surface area (Å²) in [6.07, 6.45) is 7.49. The molecular formula is C20H27N3O3S. The van der Waals surface area contributed by atoms with E-state index in [4.69, 9.17) is 5.73 Å². The molecule has 1 aromatic heterocycles. The van der Waals surface area contributed by atoms with E-state index in [1.54, 1.807) is 17.8 Å². The molecule has 1 fully saturated rings. The number of carbonyl (C=O) groups excluding carboxylic acids is 2. The summed E-state index contributed by atoms with van der Waals surface area (Å²) in [6, 6.07) is 4.77. The number of hydrogen-bond donors (Lipinski definition) is 3. The van der Waals surface area contributed by atoms with Crippen LogP contribution in [0.5, 0.6) is 5.88 Å². The summed E-state index contributed by atoms with van der Waals surface area (Å²) < 4.78 is 1.01. The Labute approximate surface area is 163 Å². The van der Waals surface area contributed by atoms with Gasteiger partial charge in [0, 0.05) is 16.3 Å². The van der Waals surface area contributed by atoms with E-state index in [1.807, 2.05) is 12.1 Å². The number of aromatic hydroxyl groups is 1. The Balaban J connectivity index is 1.99. The standard InChI is InChI=1S/C20H27N3O3S/c1-2-11-27-14-9-10-16-15(12-14)17(19(25)23(16)20(21)26)18(24)22-13-7-5-3-4-6-8-13/h9-10,12-13,25H,2-8,11H2,1H3,(H2,21,26)(H,22,24). The molecule has 1 heterocycles. The first-order valence-corrected chi connectivity index (χ1v) is 10.6. The molecule has 0 bridgehead atoms. The number of nitrogens with zero attached hydrogens (tertiary/aromatic N) is 1. The molecule has 146 valence electrons. The van der Waals surface area contributed by atoms with Gasteiger partial charge in [0.1, 0.15) is 5.56 Å². The first-order chi connectivity index (χ1) is 13.0. The maximum absolute atomic E-state index is 13.0. The lowest BCUT2D eigenvalue weighted by atomic mass is 10.1. The first kappa shape index (κ1) is 19.6. The number of primary amides is 1. The minimum absolute atomic E-state index is 0.101. The maximum atomic E-state index is 13.0. The fourth-order valence-corrected chi connectivity index (χ4v) is 4.50. The van der Waals surface area contributed by atoms with Crippen molar-refractivity contribution in [3.63, 3.8) is 0 Å². The molecule has 0 saturated heterocycles. The van der Waals surface area contributed by atoms with E-state index in [9.17, 15) is 14.7 Å². The maximum Gasteiger partial charge on any atom is 0.326 e. The Hall–Kier alpha value is -2.15. The van der Waals surface area contributed by atoms with Gasteiger partial charge in [-0.2, -0.15) is 0 Å². The van der Waals surface area contributed by atoms with E-state index in [-0.39, 0.29) is 23.4 Å². The fourth-order valence-electron chi connectivity index (χ4n) is 3.69. The molecule has 7 heteroatoms. The van der Waals surface area contributed by atoms with Crippen LogP contribution in [0.2, 0.25) is 0 Å². The van der Waals surface area contributed by atoms with E-state index in [2.05, 4.69) is 12.2 Å². The van der Waals surface area contributed by atoms with Crippen molar-refractivity contribution >= 4 is 34.6 Å². The Morgan fingerprint density at radius 3 is 2.59 bits per heavy atom. The molecule has 1 aliphatic carbocycles. The van der Waals surface area contributed by atoms with Gasteiger partial charge in [-0.15, -0.1) is 11.8 Å². The molecule has 2 amide bonds. The van der Waals surface area contributed by atoms with Crippen LogP contribution in [0.3, 0.4) is 0 Å². The van der Waals surface area contributed by atoms with Gasteiger partial charge in [-0.1, -0.05) is 32.6 Å². The number of benzene rings is 1. The van der Waals surface area contributed by atoms with Crippen molar-refractivity contribution in [2.45, 2.75) is 62.8 Å². The number of rotatable bonds is 5. The van der Waals surface area contributed by atoms with Crippen LogP contribution in [-0.2, 0) is 0 Å². The predicted molar refractivity (Wildman–Crippen MR) is 109 cm³/mol. The Morgan fingerprint density at radius 2 is 1.96 bits per heavy atom. The number of hydrogen-bond acceptors (Lipinski definition) is 4. The Bertz CT molecular complexity index is 839. The third-order valence-corrected chi connectivity index (χ3v) is 6.22. The zero-order chi connectivity index (χ0) is 19.4. The molecule has 27 heavy (non-hydrogen) atoms. The molecule has 2 aromatic rings. The van der Waals surface area contributed by atoms with E-state index in [1.165, 1.54) is 12.8 Å². The van der Waals surface area contributed by atoms with Gasteiger partial charge in [-0.25, -0.2) is 9.36 Å². The summed E-state index contributed by atoms with van der Waals surface area (Å²) in [5.41, 5.74) is 6.03. The second kappa shape index (κ2) is 8.69. The quantitative estimate of drug-likeness (QED) is 0.526. The highest BCUT2D eigenvalue weighted by atomic mass is 32.2. The van der Waals surface area contributed by atoms with Crippen molar-refractivity contribution in [1.29, 1.82) is 0 Å². The zero-order valence-corrected chi connectivity index (χ0v) is 16.5. The molecule has 6 nitrogen and oxygen atoms in total. The lowest BCUT2D eigenvalue weighted by Gasteiger charge is -2.16. The predicted octanol–water partition coefficient (Wildman–Crippen LogP) is 4.23. The highest BCUT2D eigenvalue weighted by Crippen LogP contribution is 2.34. The van der Waals surface area contributed by atoms with Gasteiger partial charge in [0.25, 0.3) is 5.91 Å². The molecule has 0 aliphatic heterocycles. The monoisotopic (exact) mass is 389 g/mol. The Morgan fingerprint density at radius 1 is 1.26 bits per heavy atom. The molecule has 3 rings (SSSR count). The molecule has 1 saturated carbocycles. The largest absolute Gasteiger partial charge is 0.494 e. The number of amides is 2. The fraction of sp³-hybridized carbons (Fsp3) is 0.500. The van der Waals surface area contributed by atoms with Gasteiger partial charge in [-0.3, -0.25) is 4.79 Å². The van der Waals surface area contributed by atoms with Crippen LogP contribution < -0.4 is 11.1 Å². The van der Waals surface area contributed by atoms with Crippen molar-refractivity contribution < 1.29 is 14.7 Å². The number of nitrogens with two attached hydrogens (primary N) is 1. The van der Waals surface area contributed by atoms with Crippen LogP contribution in [0.4, 0.5) is 4.79 Å². The van der Waals surface area contributed by atoms with Gasteiger partial charge in [0.05, 0.1) is 5.52 Å². The molecular weight excluding hydrogens is 362 g/mol. The zero-order valence-electron chi connectivity index (χ0n) is 15.7. The molecule has 0 radical (unpaired) electrons. The van der Waals surface area contributed by atoms with Crippen LogP contribution in [-0.4, -0.2) is 33.4 Å². The molecule has 1 aromatic carbocycles. The summed E-state index contributed by atoms with van der Waals surface area (Å²) in [5, 5.41) is 14.2. The number of fused-ring (bicyclic) bond motifs is 1. The average Bonchev–Trinajstić information content (AvgIpc) is 2.76. The van der Waals surface area contributed by atoms with Gasteiger partial charge in [0.15, 0.2) is 0 Å². The topological polar surface area (TPSA) is 97.3 Å². The van der Waals surface area contributed by atoms with Crippen molar-refractivity contribution in [2.75, 3.05) is 5.75 Å². The van der Waals surface area contributed by atoms with E-state index < -0.39 is 6.03 Å². The Kier molecular flexibility index (Phi) is 6.31. The molecule has 0 spiro atoms. The summed E-state index contributed by atoms with van der Waals surface area (Å²) >= 11 is 1.68. The van der Waals surface area contributed by atoms with Gasteiger partial charge < -0.3 is 16.2 Å². The van der Waals surface area contributed by atoms with E-state index in [0.717, 1.165) is 47.3 Å². The number of aromatic nitrogens is 1. The summed E-state index contributed by atoms with van der Waals surface area (Å²) in [7, 11) is 0. The van der Waals surface area contributed by atoms with Crippen LogP contribution in [0.25, 0.3) is 10.9 Å². The lowest BCUT2D eigenvalue weighted by molar-refractivity contribution is 0.0932. The second-order valence-electron chi connectivity index (χ2n) is 7.06. The number of carbonyl (C=O) groups is 2. The average molecular weight is 390 g/mol. The van der Waals surface area contributed by atoms with E-state index >= 15 is 0 Å². The summed E-state index contributed by atoms with van der Waals surface area (Å²) in [4.78, 5) is 25.8. The van der Waals surface area contributed by atoms with Crippen LogP contribution in [0.15, 0.2) is 23.1 Å². The van der Waals surface area contributed by atoms with Gasteiger partial charge in [0.2, 0.25) is 5.88 Å². The first-order valence-electron chi connectivity index (χ1n) is 9.63. The van der Waals surface area contributed by atoms with Crippen molar-refractivity contribution in [1.82, 2.24) is 9.88 Å². The lowest BCUT2D eigenvalue weighted by Crippen LogP contribution is -2.34. The third-order valence-electron chi connectivity index (χ3n) is 5.02. The third kappa shape index (κ3) is 4.24. The normalized spacial score (nSPS) is 15.6. The van der Waals surface area contributed by atoms with Crippen LogP contribution in [0, 0.1) is 0 Å². The van der Waals surface area contributed by atoms with Crippen molar-refractivity contribution in [3.05, 3.63) is 23.8 Å². The summed E-state index contributed by atoms with van der Waals surface area (Å²) in [5.74, 6) is 0.223. The molecule has 0 unspecified atom stereocenters. The minimum atomic E-state index is -0.806. The van der Waals surface area contributed by atoms with Gasteiger partial charge >= 0.3 is 6.03 Å². The van der Waals surface area contributed by atoms with Crippen LogP contribution in [0.1, 0.15) is 62.2 Å². The number of nitrogens with one attached hydrogen (secondary N) is 1. The van der Waals surface area contributed by atoms with Crippen molar-refractivity contribution in [2.24, 2.45) is 5.73 Å². The summed E-state index contributed by atoms with van der Waals surface area (Å²) in [6.45, 7) is 2.10. The van der Waals surface area contributed by atoms with Crippen LogP contribution >= 0.6 is 11.8 Å². The smallest absolute Gasteiger partial charge is 0.326 e. The minimum Gasteiger partial charge on any atom is -0.494 e. The highest BCUT2D eigenvalue weighted by Gasteiger charge is 2.26. The van der Waals surface area contributed by atoms with E-state index in [0.29, 0.717) is 10.9 Å². The SMILES string of the molecule is CCCSc1ccc2c(c1)c(C(=O)NC1CCCCCC1)c(O)n2C(N)=O. The highest BCUT2D eigenvalue weighted by molar-refractivity contribution is 7.99.